The van der Waals surface area contributed by atoms with Crippen molar-refractivity contribution < 1.29 is 113 Å². The van der Waals surface area contributed by atoms with Gasteiger partial charge in [0.25, 0.3) is 5.91 Å². The van der Waals surface area contributed by atoms with Crippen molar-refractivity contribution in [2.45, 2.75) is 149 Å². The van der Waals surface area contributed by atoms with Gasteiger partial charge < -0.3 is 109 Å². The van der Waals surface area contributed by atoms with E-state index in [1.54, 1.807) is 38.1 Å². The Balaban J connectivity index is 1.07. The first-order chi connectivity index (χ1) is 29.9. The number of methoxy groups -OCH3 is 2. The molecule has 0 aromatic heterocycles. The Hall–Kier alpha value is -2.64. The second-order valence-electron chi connectivity index (χ2n) is 16.6. The molecule has 24 nitrogen and oxygen atoms in total. The Bertz CT molecular complexity index is 1650. The summed E-state index contributed by atoms with van der Waals surface area (Å²) in [4.78, 5) is 24.2. The van der Waals surface area contributed by atoms with Gasteiger partial charge in [-0.25, -0.2) is 0 Å². The van der Waals surface area contributed by atoms with Crippen molar-refractivity contribution in [2.75, 3.05) is 40.6 Å². The molecule has 1 amide bonds. The van der Waals surface area contributed by atoms with Gasteiger partial charge in [-0.05, 0) is 24.1 Å². The molecular weight excluding hydrogens is 850 g/mol. The van der Waals surface area contributed by atoms with Crippen molar-refractivity contribution in [1.82, 2.24) is 5.32 Å². The molecule has 24 heteroatoms. The summed E-state index contributed by atoms with van der Waals surface area (Å²) >= 11 is 0. The molecule has 0 aliphatic carbocycles. The standard InChI is InChI=1S/C39H59NO23/c1-39(2)20(40-34(53)33(39)52)9-14-5-7-15(8-6-14)56-35-25(49)22(46)30(18(12-43)58-35)63-38-32(55-4)27(51)31(19(13-44)60-38)62-37-26(50)23(47)29(17(11-42)59-37)61-36-24(48)21(45)28(54-3)16(10-41)57-36/h5-8,16-32,35-38,41-51H,9-13H2,1-4H3,(H,40,53). The first kappa shape index (κ1) is 49.8. The Morgan fingerprint density at radius 2 is 0.937 bits per heavy atom. The largest absolute Gasteiger partial charge is 0.462 e. The SMILES string of the molecule is COC1C(CO)OC(OC2C(CO)OC(OC3C(CO)OC(OC4C(CO)OC(Oc5ccc(CC6NC(=O)C(=O)C6(C)C)cc5)C(O)C4O)C(OC)C3O)C(O)C2O)C(O)C1O. The minimum Gasteiger partial charge on any atom is -0.462 e. The lowest BCUT2D eigenvalue weighted by Crippen LogP contribution is -2.68. The number of amides is 1. The van der Waals surface area contributed by atoms with E-state index in [1.807, 2.05) is 0 Å². The molecular formula is C39H59NO23. The fourth-order valence-electron chi connectivity index (χ4n) is 8.38. The molecule has 358 valence electrons. The van der Waals surface area contributed by atoms with Gasteiger partial charge in [-0.15, -0.1) is 0 Å². The Labute approximate surface area is 360 Å². The predicted octanol–water partition coefficient (Wildman–Crippen LogP) is -6.72. The summed E-state index contributed by atoms with van der Waals surface area (Å²) < 4.78 is 56.7. The van der Waals surface area contributed by atoms with Gasteiger partial charge in [0.05, 0.1) is 31.8 Å². The molecule has 5 heterocycles. The molecule has 0 radical (unpaired) electrons. The monoisotopic (exact) mass is 909 g/mol. The topological polar surface area (TPSA) is 361 Å². The van der Waals surface area contributed by atoms with Gasteiger partial charge in [-0.3, -0.25) is 9.59 Å². The van der Waals surface area contributed by atoms with Crippen LogP contribution in [0.5, 0.6) is 5.75 Å². The number of aliphatic hydroxyl groups excluding tert-OH is 11. The highest BCUT2D eigenvalue weighted by molar-refractivity contribution is 6.40. The molecule has 5 aliphatic heterocycles. The molecule has 0 bridgehead atoms. The van der Waals surface area contributed by atoms with Crippen LogP contribution in [-0.2, 0) is 58.6 Å². The van der Waals surface area contributed by atoms with E-state index in [-0.39, 0.29) is 5.75 Å². The lowest BCUT2D eigenvalue weighted by molar-refractivity contribution is -0.388. The highest BCUT2D eigenvalue weighted by Gasteiger charge is 2.56. The van der Waals surface area contributed by atoms with Crippen LogP contribution in [0.3, 0.4) is 0 Å². The highest BCUT2D eigenvalue weighted by Crippen LogP contribution is 2.36. The summed E-state index contributed by atoms with van der Waals surface area (Å²) in [5.41, 5.74) is -0.141. The van der Waals surface area contributed by atoms with Crippen molar-refractivity contribution in [3.63, 3.8) is 0 Å². The third kappa shape index (κ3) is 10.1. The van der Waals surface area contributed by atoms with Gasteiger partial charge in [0.1, 0.15) is 103 Å². The number of ether oxygens (including phenoxy) is 10. The number of carbonyl (C=O) groups excluding carboxylic acids is 2. The van der Waals surface area contributed by atoms with E-state index in [2.05, 4.69) is 5.32 Å². The average molecular weight is 910 g/mol. The van der Waals surface area contributed by atoms with E-state index < -0.39 is 172 Å². The summed E-state index contributed by atoms with van der Waals surface area (Å²) in [5, 5.41) is 120. The molecule has 0 spiro atoms. The van der Waals surface area contributed by atoms with Crippen LogP contribution in [0.4, 0.5) is 0 Å². The zero-order valence-electron chi connectivity index (χ0n) is 34.8. The zero-order valence-corrected chi connectivity index (χ0v) is 34.8. The van der Waals surface area contributed by atoms with E-state index >= 15 is 0 Å². The molecule has 5 fully saturated rings. The first-order valence-electron chi connectivity index (χ1n) is 20.4. The zero-order chi connectivity index (χ0) is 46.1. The van der Waals surface area contributed by atoms with Crippen molar-refractivity contribution in [1.29, 1.82) is 0 Å². The molecule has 6 rings (SSSR count). The van der Waals surface area contributed by atoms with Crippen LogP contribution in [0, 0.1) is 5.41 Å². The predicted molar refractivity (Wildman–Crippen MR) is 203 cm³/mol. The van der Waals surface area contributed by atoms with Gasteiger partial charge in [0, 0.05) is 20.3 Å². The normalized spacial score (nSPS) is 44.3. The van der Waals surface area contributed by atoms with Crippen molar-refractivity contribution >= 4 is 11.7 Å². The van der Waals surface area contributed by atoms with Gasteiger partial charge in [-0.1, -0.05) is 26.0 Å². The van der Waals surface area contributed by atoms with Crippen LogP contribution < -0.4 is 10.1 Å². The second kappa shape index (κ2) is 20.9. The molecule has 21 unspecified atom stereocenters. The van der Waals surface area contributed by atoms with E-state index in [0.717, 1.165) is 12.7 Å². The minimum absolute atomic E-state index is 0.202. The highest BCUT2D eigenvalue weighted by atomic mass is 16.8. The summed E-state index contributed by atoms with van der Waals surface area (Å²) in [6, 6.07) is 6.04. The summed E-state index contributed by atoms with van der Waals surface area (Å²) in [5.74, 6) is -0.946. The maximum absolute atomic E-state index is 12.2. The summed E-state index contributed by atoms with van der Waals surface area (Å²) in [7, 11) is 2.38. The maximum Gasteiger partial charge on any atom is 0.288 e. The van der Waals surface area contributed by atoms with Gasteiger partial charge in [0.2, 0.25) is 12.1 Å². The van der Waals surface area contributed by atoms with Crippen LogP contribution in [-0.4, -0.2) is 237 Å². The van der Waals surface area contributed by atoms with Crippen LogP contribution in [0.1, 0.15) is 19.4 Å². The lowest BCUT2D eigenvalue weighted by Gasteiger charge is -2.49. The Morgan fingerprint density at radius 3 is 1.38 bits per heavy atom. The van der Waals surface area contributed by atoms with Crippen LogP contribution in [0.25, 0.3) is 0 Å². The van der Waals surface area contributed by atoms with E-state index in [1.165, 1.54) is 7.11 Å². The first-order valence-corrected chi connectivity index (χ1v) is 20.4. The van der Waals surface area contributed by atoms with Crippen LogP contribution >= 0.6 is 0 Å². The van der Waals surface area contributed by atoms with Crippen molar-refractivity contribution in [2.24, 2.45) is 5.41 Å². The van der Waals surface area contributed by atoms with E-state index in [0.29, 0.717) is 6.42 Å². The number of hydrogen-bond donors (Lipinski definition) is 12. The molecule has 1 aromatic carbocycles. The fraction of sp³-hybridized carbons (Fsp3) is 0.795. The molecule has 0 saturated carbocycles. The quantitative estimate of drug-likeness (QED) is 0.0686. The number of carbonyl (C=O) groups is 2. The molecule has 5 saturated heterocycles. The number of ketones is 1. The summed E-state index contributed by atoms with van der Waals surface area (Å²) in [6.45, 7) is 0.228. The maximum atomic E-state index is 12.2. The van der Waals surface area contributed by atoms with E-state index in [4.69, 9.17) is 47.4 Å². The Kier molecular flexibility index (Phi) is 16.5. The van der Waals surface area contributed by atoms with Gasteiger partial charge in [-0.2, -0.15) is 0 Å². The molecule has 1 aromatic rings. The third-order valence-electron chi connectivity index (χ3n) is 12.3. The number of nitrogens with one attached hydrogen (secondary N) is 1. The van der Waals surface area contributed by atoms with Crippen LogP contribution in [0.15, 0.2) is 24.3 Å². The van der Waals surface area contributed by atoms with Gasteiger partial charge in [0.15, 0.2) is 18.9 Å². The van der Waals surface area contributed by atoms with Gasteiger partial charge >= 0.3 is 0 Å². The lowest BCUT2D eigenvalue weighted by atomic mass is 9.81. The number of rotatable bonds is 16. The van der Waals surface area contributed by atoms with E-state index in [9.17, 15) is 65.8 Å². The van der Waals surface area contributed by atoms with Crippen molar-refractivity contribution in [3.05, 3.63) is 29.8 Å². The molecule has 12 N–H and O–H groups in total. The minimum atomic E-state index is -1.99. The second-order valence-corrected chi connectivity index (χ2v) is 16.6. The fourth-order valence-corrected chi connectivity index (χ4v) is 8.38. The van der Waals surface area contributed by atoms with Crippen molar-refractivity contribution in [3.8, 4) is 5.75 Å². The Morgan fingerprint density at radius 1 is 0.540 bits per heavy atom. The average Bonchev–Trinajstić information content (AvgIpc) is 3.46. The third-order valence-corrected chi connectivity index (χ3v) is 12.3. The molecule has 5 aliphatic rings. The summed E-state index contributed by atoms with van der Waals surface area (Å²) in [6.07, 6.45) is -31.9. The smallest absolute Gasteiger partial charge is 0.288 e. The van der Waals surface area contributed by atoms with Crippen LogP contribution in [0.2, 0.25) is 0 Å². The number of hydrogen-bond acceptors (Lipinski definition) is 23. The molecule has 63 heavy (non-hydrogen) atoms. The number of Topliss-reactive ketones (excluding diaryl/α,β-unsaturated/α-hetero) is 1. The molecule has 21 atom stereocenters. The number of aliphatic hydroxyl groups is 11. The number of benzene rings is 1.